The van der Waals surface area contributed by atoms with Gasteiger partial charge in [-0.05, 0) is 48.1 Å². The highest BCUT2D eigenvalue weighted by Crippen LogP contribution is 2.28. The molecule has 1 amide bonds. The highest BCUT2D eigenvalue weighted by Gasteiger charge is 2.39. The fourth-order valence-electron chi connectivity index (χ4n) is 2.40. The van der Waals surface area contributed by atoms with E-state index in [0.717, 1.165) is 0 Å². The molecule has 102 valence electrons. The van der Waals surface area contributed by atoms with Gasteiger partial charge in [0, 0.05) is 16.2 Å². The lowest BCUT2D eigenvalue weighted by Crippen LogP contribution is -2.38. The molecule has 19 heavy (non-hydrogen) atoms. The Kier molecular flexibility index (Phi) is 4.07. The zero-order chi connectivity index (χ0) is 14.2. The lowest BCUT2D eigenvalue weighted by molar-refractivity contribution is -0.142. The number of benzene rings is 1. The van der Waals surface area contributed by atoms with Crippen LogP contribution in [0, 0.1) is 15.3 Å². The number of carbonyl (C=O) groups is 2. The van der Waals surface area contributed by atoms with Crippen molar-refractivity contribution in [2.45, 2.75) is 19.4 Å². The van der Waals surface area contributed by atoms with E-state index in [1.54, 1.807) is 19.1 Å². The average molecular weight is 377 g/mol. The maximum absolute atomic E-state index is 13.8. The fourth-order valence-corrected chi connectivity index (χ4v) is 3.10. The van der Waals surface area contributed by atoms with Crippen LogP contribution in [0.15, 0.2) is 18.2 Å². The Hall–Kier alpha value is -1.18. The summed E-state index contributed by atoms with van der Waals surface area (Å²) in [5.41, 5.74) is 0.0287. The van der Waals surface area contributed by atoms with Gasteiger partial charge in [-0.1, -0.05) is 6.07 Å². The molecule has 2 atom stereocenters. The van der Waals surface area contributed by atoms with Gasteiger partial charge in [0.15, 0.2) is 0 Å². The van der Waals surface area contributed by atoms with Crippen molar-refractivity contribution >= 4 is 34.5 Å². The van der Waals surface area contributed by atoms with E-state index in [1.807, 2.05) is 22.6 Å². The molecule has 1 heterocycles. The number of carboxylic acids is 1. The van der Waals surface area contributed by atoms with Gasteiger partial charge in [-0.15, -0.1) is 0 Å². The van der Waals surface area contributed by atoms with E-state index < -0.39 is 29.7 Å². The molecule has 0 aliphatic carbocycles. The molecule has 1 saturated heterocycles. The zero-order valence-corrected chi connectivity index (χ0v) is 12.4. The number of halogens is 2. The standard InChI is InChI=1S/C13H13FINO3/c1-7-8(13(18)19)5-6-16(7)12(17)11-9(14)3-2-4-10(11)15/h2-4,7-8H,5-6H2,1H3,(H,18,19). The summed E-state index contributed by atoms with van der Waals surface area (Å²) in [5, 5.41) is 9.05. The lowest BCUT2D eigenvalue weighted by Gasteiger charge is -2.24. The Morgan fingerprint density at radius 3 is 2.68 bits per heavy atom. The number of carbonyl (C=O) groups excluding carboxylic acids is 1. The molecule has 0 aromatic heterocycles. The van der Waals surface area contributed by atoms with Crippen LogP contribution in [-0.4, -0.2) is 34.5 Å². The Bertz CT molecular complexity index is 514. The van der Waals surface area contributed by atoms with Gasteiger partial charge in [-0.25, -0.2) is 4.39 Å². The third-order valence-electron chi connectivity index (χ3n) is 3.51. The van der Waals surface area contributed by atoms with Gasteiger partial charge >= 0.3 is 5.97 Å². The summed E-state index contributed by atoms with van der Waals surface area (Å²) in [6.07, 6.45) is 0.410. The third-order valence-corrected chi connectivity index (χ3v) is 4.41. The molecule has 1 fully saturated rings. The van der Waals surface area contributed by atoms with Crippen LogP contribution in [0.3, 0.4) is 0 Å². The lowest BCUT2D eigenvalue weighted by atomic mass is 10.0. The van der Waals surface area contributed by atoms with Crippen molar-refractivity contribution in [2.24, 2.45) is 5.92 Å². The van der Waals surface area contributed by atoms with Crippen molar-refractivity contribution in [3.05, 3.63) is 33.1 Å². The maximum Gasteiger partial charge on any atom is 0.308 e. The number of amides is 1. The minimum atomic E-state index is -0.911. The first-order valence-electron chi connectivity index (χ1n) is 5.91. The molecule has 1 N–H and O–H groups in total. The normalized spacial score (nSPS) is 22.6. The summed E-state index contributed by atoms with van der Waals surface area (Å²) in [6, 6.07) is 4.03. The highest BCUT2D eigenvalue weighted by molar-refractivity contribution is 14.1. The van der Waals surface area contributed by atoms with Gasteiger partial charge in [-0.2, -0.15) is 0 Å². The van der Waals surface area contributed by atoms with Crippen LogP contribution < -0.4 is 0 Å². The molecular weight excluding hydrogens is 364 g/mol. The molecular formula is C13H13FINO3. The summed E-state index contributed by atoms with van der Waals surface area (Å²) in [4.78, 5) is 24.8. The number of hydrogen-bond donors (Lipinski definition) is 1. The minimum Gasteiger partial charge on any atom is -0.481 e. The van der Waals surface area contributed by atoms with Gasteiger partial charge in [-0.3, -0.25) is 9.59 Å². The van der Waals surface area contributed by atoms with Gasteiger partial charge < -0.3 is 10.0 Å². The number of rotatable bonds is 2. The van der Waals surface area contributed by atoms with E-state index >= 15 is 0 Å². The molecule has 2 unspecified atom stereocenters. The maximum atomic E-state index is 13.8. The summed E-state index contributed by atoms with van der Waals surface area (Å²) in [7, 11) is 0. The Balaban J connectivity index is 2.29. The van der Waals surface area contributed by atoms with Crippen LogP contribution >= 0.6 is 22.6 Å². The van der Waals surface area contributed by atoms with Crippen molar-refractivity contribution in [1.29, 1.82) is 0 Å². The minimum absolute atomic E-state index is 0.0287. The number of likely N-dealkylation sites (tertiary alicyclic amines) is 1. The molecule has 2 rings (SSSR count). The summed E-state index contributed by atoms with van der Waals surface area (Å²) in [6.45, 7) is 2.04. The monoisotopic (exact) mass is 377 g/mol. The van der Waals surface area contributed by atoms with Crippen LogP contribution in [0.2, 0.25) is 0 Å². The first-order chi connectivity index (χ1) is 8.93. The number of carboxylic acid groups (broad SMARTS) is 1. The topological polar surface area (TPSA) is 57.6 Å². The smallest absolute Gasteiger partial charge is 0.308 e. The Morgan fingerprint density at radius 2 is 2.16 bits per heavy atom. The van der Waals surface area contributed by atoms with Crippen molar-refractivity contribution < 1.29 is 19.1 Å². The van der Waals surface area contributed by atoms with E-state index in [9.17, 15) is 14.0 Å². The Morgan fingerprint density at radius 1 is 1.47 bits per heavy atom. The third kappa shape index (κ3) is 2.58. The summed E-state index contributed by atoms with van der Waals surface area (Å²) in [5.74, 6) is -2.49. The highest BCUT2D eigenvalue weighted by atomic mass is 127. The van der Waals surface area contributed by atoms with Crippen LogP contribution in [0.5, 0.6) is 0 Å². The second-order valence-corrected chi connectivity index (χ2v) is 5.73. The molecule has 1 aliphatic heterocycles. The molecule has 0 bridgehead atoms. The second-order valence-electron chi connectivity index (χ2n) is 4.57. The second kappa shape index (κ2) is 5.44. The predicted molar refractivity (Wildman–Crippen MR) is 75.4 cm³/mol. The fraction of sp³-hybridized carbons (Fsp3) is 0.385. The first kappa shape index (κ1) is 14.2. The largest absolute Gasteiger partial charge is 0.481 e. The van der Waals surface area contributed by atoms with Crippen molar-refractivity contribution in [1.82, 2.24) is 4.90 Å². The Labute approximate surface area is 123 Å². The molecule has 0 spiro atoms. The van der Waals surface area contributed by atoms with Gasteiger partial charge in [0.25, 0.3) is 5.91 Å². The van der Waals surface area contributed by atoms with Crippen molar-refractivity contribution in [2.75, 3.05) is 6.54 Å². The molecule has 0 radical (unpaired) electrons. The first-order valence-corrected chi connectivity index (χ1v) is 6.99. The van der Waals surface area contributed by atoms with Crippen LogP contribution in [0.1, 0.15) is 23.7 Å². The van der Waals surface area contributed by atoms with Crippen molar-refractivity contribution in [3.8, 4) is 0 Å². The number of hydrogen-bond acceptors (Lipinski definition) is 2. The van der Waals surface area contributed by atoms with E-state index in [4.69, 9.17) is 5.11 Å². The quantitative estimate of drug-likeness (QED) is 0.806. The van der Waals surface area contributed by atoms with Crippen LogP contribution in [0.25, 0.3) is 0 Å². The molecule has 1 aromatic carbocycles. The van der Waals surface area contributed by atoms with E-state index in [-0.39, 0.29) is 5.56 Å². The van der Waals surface area contributed by atoms with Crippen LogP contribution in [0.4, 0.5) is 4.39 Å². The molecule has 1 aliphatic rings. The van der Waals surface area contributed by atoms with E-state index in [1.165, 1.54) is 11.0 Å². The van der Waals surface area contributed by atoms with Gasteiger partial charge in [0.05, 0.1) is 11.5 Å². The summed E-state index contributed by atoms with van der Waals surface area (Å²) < 4.78 is 14.3. The average Bonchev–Trinajstić information content (AvgIpc) is 2.70. The van der Waals surface area contributed by atoms with Crippen molar-refractivity contribution in [3.63, 3.8) is 0 Å². The van der Waals surface area contributed by atoms with E-state index in [0.29, 0.717) is 16.5 Å². The predicted octanol–water partition coefficient (Wildman–Crippen LogP) is 2.37. The molecule has 0 saturated carbocycles. The van der Waals surface area contributed by atoms with E-state index in [2.05, 4.69) is 0 Å². The summed E-state index contributed by atoms with van der Waals surface area (Å²) >= 11 is 1.91. The zero-order valence-electron chi connectivity index (χ0n) is 10.3. The van der Waals surface area contributed by atoms with Gasteiger partial charge in [0.2, 0.25) is 0 Å². The molecule has 1 aromatic rings. The van der Waals surface area contributed by atoms with Crippen LogP contribution in [-0.2, 0) is 4.79 Å². The van der Waals surface area contributed by atoms with Gasteiger partial charge in [0.1, 0.15) is 5.82 Å². The molecule has 6 heteroatoms. The number of nitrogens with zero attached hydrogens (tertiary/aromatic N) is 1. The molecule has 4 nitrogen and oxygen atoms in total. The number of aliphatic carboxylic acids is 1. The SMILES string of the molecule is CC1C(C(=O)O)CCN1C(=O)c1c(F)cccc1I.